The molecule has 0 atom stereocenters. The number of ether oxygens (including phenoxy) is 2. The summed E-state index contributed by atoms with van der Waals surface area (Å²) in [5, 5.41) is 3.00. The van der Waals surface area contributed by atoms with Crippen molar-refractivity contribution < 1.29 is 19.1 Å². The third-order valence-electron chi connectivity index (χ3n) is 2.26. The SMILES string of the molecule is COC(=O)c1cc(N)ccc1NCCOCC(N)=O. The first-order valence-electron chi connectivity index (χ1n) is 5.62. The van der Waals surface area contributed by atoms with E-state index in [1.165, 1.54) is 13.2 Å². The minimum absolute atomic E-state index is 0.132. The van der Waals surface area contributed by atoms with E-state index in [0.29, 0.717) is 23.5 Å². The summed E-state index contributed by atoms with van der Waals surface area (Å²) < 4.78 is 9.65. The summed E-state index contributed by atoms with van der Waals surface area (Å²) >= 11 is 0. The van der Waals surface area contributed by atoms with Gasteiger partial charge in [0.15, 0.2) is 0 Å². The molecule has 1 aromatic carbocycles. The third-order valence-corrected chi connectivity index (χ3v) is 2.26. The monoisotopic (exact) mass is 267 g/mol. The predicted octanol–water partition coefficient (Wildman–Crippen LogP) is -0.0308. The summed E-state index contributed by atoms with van der Waals surface area (Å²) in [5.74, 6) is -1.00. The highest BCUT2D eigenvalue weighted by Gasteiger charge is 2.11. The van der Waals surface area contributed by atoms with Crippen molar-refractivity contribution in [2.45, 2.75) is 0 Å². The minimum Gasteiger partial charge on any atom is -0.465 e. The Hall–Kier alpha value is -2.28. The first kappa shape index (κ1) is 14.8. The fraction of sp³-hybridized carbons (Fsp3) is 0.333. The lowest BCUT2D eigenvalue weighted by atomic mass is 10.1. The lowest BCUT2D eigenvalue weighted by molar-refractivity contribution is -0.122. The molecule has 104 valence electrons. The van der Waals surface area contributed by atoms with E-state index in [0.717, 1.165) is 0 Å². The first-order valence-corrected chi connectivity index (χ1v) is 5.62. The smallest absolute Gasteiger partial charge is 0.340 e. The molecule has 0 saturated heterocycles. The van der Waals surface area contributed by atoms with E-state index in [2.05, 4.69) is 10.1 Å². The number of carbonyl (C=O) groups is 2. The lowest BCUT2D eigenvalue weighted by Gasteiger charge is -2.11. The topological polar surface area (TPSA) is 117 Å². The molecule has 0 spiro atoms. The molecular weight excluding hydrogens is 250 g/mol. The predicted molar refractivity (Wildman–Crippen MR) is 70.7 cm³/mol. The zero-order valence-corrected chi connectivity index (χ0v) is 10.6. The van der Waals surface area contributed by atoms with Crippen molar-refractivity contribution in [1.29, 1.82) is 0 Å². The summed E-state index contributed by atoms with van der Waals surface area (Å²) in [5.41, 5.74) is 11.9. The highest BCUT2D eigenvalue weighted by molar-refractivity contribution is 5.96. The van der Waals surface area contributed by atoms with Crippen LogP contribution >= 0.6 is 0 Å². The molecule has 5 N–H and O–H groups in total. The van der Waals surface area contributed by atoms with Gasteiger partial charge in [-0.05, 0) is 18.2 Å². The van der Waals surface area contributed by atoms with Gasteiger partial charge in [-0.1, -0.05) is 0 Å². The van der Waals surface area contributed by atoms with Crippen LogP contribution in [-0.4, -0.2) is 38.7 Å². The van der Waals surface area contributed by atoms with Crippen molar-refractivity contribution in [3.8, 4) is 0 Å². The van der Waals surface area contributed by atoms with Crippen molar-refractivity contribution in [2.24, 2.45) is 5.73 Å². The second kappa shape index (κ2) is 7.22. The Balaban J connectivity index is 2.57. The zero-order valence-electron chi connectivity index (χ0n) is 10.6. The molecule has 1 aromatic rings. The fourth-order valence-electron chi connectivity index (χ4n) is 1.43. The summed E-state index contributed by atoms with van der Waals surface area (Å²) in [6, 6.07) is 4.87. The number of hydrogen-bond donors (Lipinski definition) is 3. The normalized spacial score (nSPS) is 9.95. The Morgan fingerprint density at radius 3 is 2.74 bits per heavy atom. The maximum atomic E-state index is 11.6. The number of nitrogen functional groups attached to an aromatic ring is 1. The van der Waals surface area contributed by atoms with Crippen molar-refractivity contribution >= 4 is 23.3 Å². The number of nitrogens with two attached hydrogens (primary N) is 2. The van der Waals surface area contributed by atoms with Gasteiger partial charge in [-0.2, -0.15) is 0 Å². The Morgan fingerprint density at radius 2 is 2.11 bits per heavy atom. The van der Waals surface area contributed by atoms with Gasteiger partial charge in [0.05, 0.1) is 19.3 Å². The number of rotatable bonds is 7. The number of hydrogen-bond acceptors (Lipinski definition) is 6. The van der Waals surface area contributed by atoms with Gasteiger partial charge in [-0.3, -0.25) is 4.79 Å². The molecule has 0 heterocycles. The standard InChI is InChI=1S/C12H17N3O4/c1-18-12(17)9-6-8(13)2-3-10(9)15-4-5-19-7-11(14)16/h2-3,6,15H,4-5,7,13H2,1H3,(H2,14,16). The summed E-state index contributed by atoms with van der Waals surface area (Å²) in [4.78, 5) is 22.0. The van der Waals surface area contributed by atoms with Crippen LogP contribution in [0.5, 0.6) is 0 Å². The second-order valence-corrected chi connectivity index (χ2v) is 3.74. The van der Waals surface area contributed by atoms with Crippen LogP contribution in [0.15, 0.2) is 18.2 Å². The van der Waals surface area contributed by atoms with Crippen molar-refractivity contribution in [3.63, 3.8) is 0 Å². The van der Waals surface area contributed by atoms with Crippen LogP contribution in [-0.2, 0) is 14.3 Å². The maximum Gasteiger partial charge on any atom is 0.340 e. The average Bonchev–Trinajstić information content (AvgIpc) is 2.38. The van der Waals surface area contributed by atoms with Crippen molar-refractivity contribution in [3.05, 3.63) is 23.8 Å². The van der Waals surface area contributed by atoms with E-state index < -0.39 is 11.9 Å². The molecular formula is C12H17N3O4. The molecule has 0 aliphatic rings. The molecule has 0 aromatic heterocycles. The quantitative estimate of drug-likeness (QED) is 0.363. The Labute approximate surface area is 110 Å². The van der Waals surface area contributed by atoms with E-state index in [1.807, 2.05) is 0 Å². The van der Waals surface area contributed by atoms with Gasteiger partial charge >= 0.3 is 5.97 Å². The van der Waals surface area contributed by atoms with Gasteiger partial charge in [0.1, 0.15) is 6.61 Å². The molecule has 0 aliphatic carbocycles. The van der Waals surface area contributed by atoms with Crippen molar-refractivity contribution in [2.75, 3.05) is 37.9 Å². The number of esters is 1. The Kier molecular flexibility index (Phi) is 5.62. The molecule has 7 heteroatoms. The van der Waals surface area contributed by atoms with Crippen LogP contribution in [0.1, 0.15) is 10.4 Å². The maximum absolute atomic E-state index is 11.6. The number of carbonyl (C=O) groups excluding carboxylic acids is 2. The molecule has 0 radical (unpaired) electrons. The van der Waals surface area contributed by atoms with Crippen molar-refractivity contribution in [1.82, 2.24) is 0 Å². The Bertz CT molecular complexity index is 462. The fourth-order valence-corrected chi connectivity index (χ4v) is 1.43. The summed E-state index contributed by atoms with van der Waals surface area (Å²) in [7, 11) is 1.30. The van der Waals surface area contributed by atoms with Gasteiger partial charge in [-0.15, -0.1) is 0 Å². The van der Waals surface area contributed by atoms with Crippen LogP contribution in [0, 0.1) is 0 Å². The van der Waals surface area contributed by atoms with Crippen LogP contribution in [0.2, 0.25) is 0 Å². The van der Waals surface area contributed by atoms with E-state index in [1.54, 1.807) is 12.1 Å². The van der Waals surface area contributed by atoms with Gasteiger partial charge in [0.2, 0.25) is 5.91 Å². The van der Waals surface area contributed by atoms with E-state index in [9.17, 15) is 9.59 Å². The Morgan fingerprint density at radius 1 is 1.37 bits per heavy atom. The van der Waals surface area contributed by atoms with E-state index in [4.69, 9.17) is 16.2 Å². The molecule has 19 heavy (non-hydrogen) atoms. The van der Waals surface area contributed by atoms with Gasteiger partial charge in [-0.25, -0.2) is 4.79 Å². The minimum atomic E-state index is -0.525. The largest absolute Gasteiger partial charge is 0.465 e. The summed E-state index contributed by atoms with van der Waals surface area (Å²) in [6.07, 6.45) is 0. The molecule has 7 nitrogen and oxygen atoms in total. The van der Waals surface area contributed by atoms with E-state index >= 15 is 0 Å². The van der Waals surface area contributed by atoms with Gasteiger partial charge < -0.3 is 26.3 Å². The molecule has 1 rings (SSSR count). The molecule has 0 aliphatic heterocycles. The lowest BCUT2D eigenvalue weighted by Crippen LogP contribution is -2.21. The van der Waals surface area contributed by atoms with Crippen LogP contribution in [0.4, 0.5) is 11.4 Å². The van der Waals surface area contributed by atoms with Gasteiger partial charge in [0.25, 0.3) is 0 Å². The number of amides is 1. The number of methoxy groups -OCH3 is 1. The highest BCUT2D eigenvalue weighted by atomic mass is 16.5. The molecule has 0 fully saturated rings. The molecule has 0 saturated carbocycles. The first-order chi connectivity index (χ1) is 9.04. The highest BCUT2D eigenvalue weighted by Crippen LogP contribution is 2.19. The number of anilines is 2. The third kappa shape index (κ3) is 4.84. The number of nitrogens with one attached hydrogen (secondary N) is 1. The van der Waals surface area contributed by atoms with Crippen LogP contribution < -0.4 is 16.8 Å². The number of primary amides is 1. The van der Waals surface area contributed by atoms with Crippen LogP contribution in [0.25, 0.3) is 0 Å². The summed E-state index contributed by atoms with van der Waals surface area (Å²) in [6.45, 7) is 0.572. The molecule has 1 amide bonds. The molecule has 0 bridgehead atoms. The zero-order chi connectivity index (χ0) is 14.3. The number of benzene rings is 1. The van der Waals surface area contributed by atoms with Crippen LogP contribution in [0.3, 0.4) is 0 Å². The van der Waals surface area contributed by atoms with E-state index in [-0.39, 0.29) is 13.2 Å². The second-order valence-electron chi connectivity index (χ2n) is 3.74. The molecule has 0 unspecified atom stereocenters. The average molecular weight is 267 g/mol. The van der Waals surface area contributed by atoms with Gasteiger partial charge in [0, 0.05) is 17.9 Å².